The van der Waals surface area contributed by atoms with E-state index >= 15 is 0 Å². The summed E-state index contributed by atoms with van der Waals surface area (Å²) in [5.74, 6) is 0.889. The zero-order valence-electron chi connectivity index (χ0n) is 9.31. The van der Waals surface area contributed by atoms with E-state index in [1.54, 1.807) is 29.4 Å². The molecule has 0 atom stereocenters. The first-order chi connectivity index (χ1) is 8.28. The van der Waals surface area contributed by atoms with Crippen molar-refractivity contribution in [3.63, 3.8) is 0 Å². The van der Waals surface area contributed by atoms with E-state index in [9.17, 15) is 0 Å². The Morgan fingerprint density at radius 2 is 2.29 bits per heavy atom. The second kappa shape index (κ2) is 6.37. The number of halogens is 1. The normalized spacial score (nSPS) is 10.5. The first-order valence-electron chi connectivity index (χ1n) is 5.12. The van der Waals surface area contributed by atoms with Crippen molar-refractivity contribution in [3.05, 3.63) is 33.2 Å². The molecule has 3 nitrogen and oxygen atoms in total. The fourth-order valence-corrected chi connectivity index (χ4v) is 3.21. The maximum Gasteiger partial charge on any atom is 0.130 e. The van der Waals surface area contributed by atoms with Crippen LogP contribution in [0.15, 0.2) is 33.3 Å². The molecular formula is C11H12BrN3S2. The Morgan fingerprint density at radius 1 is 1.41 bits per heavy atom. The van der Waals surface area contributed by atoms with Crippen LogP contribution in [0, 0.1) is 0 Å². The third-order valence-corrected chi connectivity index (χ3v) is 4.48. The molecular weight excluding hydrogens is 318 g/mol. The van der Waals surface area contributed by atoms with Crippen molar-refractivity contribution in [2.24, 2.45) is 0 Å². The van der Waals surface area contributed by atoms with Crippen molar-refractivity contribution < 1.29 is 0 Å². The van der Waals surface area contributed by atoms with Gasteiger partial charge in [-0.2, -0.15) is 0 Å². The molecule has 0 saturated carbocycles. The summed E-state index contributed by atoms with van der Waals surface area (Å²) in [5.41, 5.74) is 0. The zero-order valence-corrected chi connectivity index (χ0v) is 12.5. The molecule has 0 spiro atoms. The fourth-order valence-electron chi connectivity index (χ4n) is 1.35. The number of rotatable bonds is 5. The van der Waals surface area contributed by atoms with Gasteiger partial charge in [0.25, 0.3) is 0 Å². The third kappa shape index (κ3) is 3.97. The van der Waals surface area contributed by atoms with Crippen LogP contribution < -0.4 is 5.32 Å². The van der Waals surface area contributed by atoms with Crippen molar-refractivity contribution in [1.82, 2.24) is 9.97 Å². The van der Waals surface area contributed by atoms with Gasteiger partial charge in [0.1, 0.15) is 17.2 Å². The first kappa shape index (κ1) is 12.9. The van der Waals surface area contributed by atoms with E-state index in [0.29, 0.717) is 0 Å². The summed E-state index contributed by atoms with van der Waals surface area (Å²) in [7, 11) is 0. The highest BCUT2D eigenvalue weighted by Gasteiger charge is 1.99. The summed E-state index contributed by atoms with van der Waals surface area (Å²) in [6, 6.07) is 6.19. The predicted octanol–water partition coefficient (Wildman–Crippen LogP) is 3.68. The minimum absolute atomic E-state index is 0.887. The van der Waals surface area contributed by atoms with Gasteiger partial charge in [-0.15, -0.1) is 23.1 Å². The largest absolute Gasteiger partial charge is 0.370 e. The lowest BCUT2D eigenvalue weighted by Crippen LogP contribution is -2.05. The van der Waals surface area contributed by atoms with Crippen LogP contribution >= 0.6 is 39.0 Å². The molecule has 1 N–H and O–H groups in total. The molecule has 17 heavy (non-hydrogen) atoms. The van der Waals surface area contributed by atoms with E-state index in [4.69, 9.17) is 0 Å². The number of thioether (sulfide) groups is 1. The number of nitrogens with zero attached hydrogens (tertiary/aromatic N) is 2. The van der Waals surface area contributed by atoms with Gasteiger partial charge in [0, 0.05) is 17.5 Å². The molecule has 0 aromatic carbocycles. The second-order valence-electron chi connectivity index (χ2n) is 3.33. The van der Waals surface area contributed by atoms with Crippen molar-refractivity contribution in [2.75, 3.05) is 18.1 Å². The highest BCUT2D eigenvalue weighted by Crippen LogP contribution is 2.22. The standard InChI is InChI=1S/C11H12BrN3S2/c1-16-11-6-10(14-7-15-11)13-5-4-8-2-3-9(12)17-8/h2-3,6-7H,4-5H2,1H3,(H,13,14,15). The lowest BCUT2D eigenvalue weighted by molar-refractivity contribution is 0.992. The minimum Gasteiger partial charge on any atom is -0.370 e. The highest BCUT2D eigenvalue weighted by molar-refractivity contribution is 9.11. The number of aromatic nitrogens is 2. The molecule has 0 aliphatic carbocycles. The van der Waals surface area contributed by atoms with Gasteiger partial charge in [-0.3, -0.25) is 0 Å². The molecule has 2 heterocycles. The van der Waals surface area contributed by atoms with Crippen LogP contribution in [0.5, 0.6) is 0 Å². The maximum absolute atomic E-state index is 4.18. The van der Waals surface area contributed by atoms with Gasteiger partial charge in [0.15, 0.2) is 0 Å². The summed E-state index contributed by atoms with van der Waals surface area (Å²) in [6.45, 7) is 0.887. The SMILES string of the molecule is CSc1cc(NCCc2ccc(Br)s2)ncn1. The summed E-state index contributed by atoms with van der Waals surface area (Å²) >= 11 is 6.85. The highest BCUT2D eigenvalue weighted by atomic mass is 79.9. The molecule has 2 aromatic rings. The topological polar surface area (TPSA) is 37.8 Å². The van der Waals surface area contributed by atoms with Crippen molar-refractivity contribution >= 4 is 44.8 Å². The van der Waals surface area contributed by atoms with Gasteiger partial charge >= 0.3 is 0 Å². The Kier molecular flexibility index (Phi) is 4.82. The summed E-state index contributed by atoms with van der Waals surface area (Å²) in [4.78, 5) is 9.68. The Balaban J connectivity index is 1.85. The molecule has 2 aromatic heterocycles. The Morgan fingerprint density at radius 3 is 3.00 bits per heavy atom. The van der Waals surface area contributed by atoms with E-state index in [0.717, 1.165) is 23.8 Å². The number of hydrogen-bond donors (Lipinski definition) is 1. The molecule has 2 rings (SSSR count). The summed E-state index contributed by atoms with van der Waals surface area (Å²) in [5, 5.41) is 4.29. The van der Waals surface area contributed by atoms with Crippen LogP contribution in [0.4, 0.5) is 5.82 Å². The van der Waals surface area contributed by atoms with Crippen molar-refractivity contribution in [3.8, 4) is 0 Å². The molecule has 0 bridgehead atoms. The van der Waals surface area contributed by atoms with Crippen LogP contribution in [0.1, 0.15) is 4.88 Å². The molecule has 0 saturated heterocycles. The quantitative estimate of drug-likeness (QED) is 0.670. The molecule has 0 fully saturated rings. The number of anilines is 1. The van der Waals surface area contributed by atoms with Crippen LogP contribution in [-0.4, -0.2) is 22.8 Å². The minimum atomic E-state index is 0.887. The van der Waals surface area contributed by atoms with Gasteiger partial charge in [-0.05, 0) is 40.7 Å². The van der Waals surface area contributed by atoms with Crippen LogP contribution in [-0.2, 0) is 6.42 Å². The summed E-state index contributed by atoms with van der Waals surface area (Å²) < 4.78 is 1.18. The van der Waals surface area contributed by atoms with Crippen LogP contribution in [0.25, 0.3) is 0 Å². The average molecular weight is 330 g/mol. The number of nitrogens with one attached hydrogen (secondary N) is 1. The zero-order chi connectivity index (χ0) is 12.1. The maximum atomic E-state index is 4.18. The second-order valence-corrected chi connectivity index (χ2v) is 6.70. The van der Waals surface area contributed by atoms with Gasteiger partial charge < -0.3 is 5.32 Å². The van der Waals surface area contributed by atoms with Gasteiger partial charge in [-0.25, -0.2) is 9.97 Å². The number of thiophene rings is 1. The predicted molar refractivity (Wildman–Crippen MR) is 78.0 cm³/mol. The van der Waals surface area contributed by atoms with Gasteiger partial charge in [-0.1, -0.05) is 0 Å². The lowest BCUT2D eigenvalue weighted by atomic mass is 10.3. The Labute approximate surface area is 117 Å². The van der Waals surface area contributed by atoms with E-state index in [2.05, 4.69) is 43.3 Å². The number of hydrogen-bond acceptors (Lipinski definition) is 5. The van der Waals surface area contributed by atoms with Crippen molar-refractivity contribution in [2.45, 2.75) is 11.4 Å². The molecule has 6 heteroatoms. The van der Waals surface area contributed by atoms with E-state index in [1.807, 2.05) is 12.3 Å². The first-order valence-corrected chi connectivity index (χ1v) is 7.95. The van der Waals surface area contributed by atoms with Crippen LogP contribution in [0.3, 0.4) is 0 Å². The van der Waals surface area contributed by atoms with Gasteiger partial charge in [0.05, 0.1) is 3.79 Å². The monoisotopic (exact) mass is 329 g/mol. The average Bonchev–Trinajstić information content (AvgIpc) is 2.75. The fraction of sp³-hybridized carbons (Fsp3) is 0.273. The Hall–Kier alpha value is -0.590. The Bertz CT molecular complexity index is 487. The van der Waals surface area contributed by atoms with E-state index < -0.39 is 0 Å². The van der Waals surface area contributed by atoms with Crippen molar-refractivity contribution in [1.29, 1.82) is 0 Å². The molecule has 0 unspecified atom stereocenters. The molecule has 90 valence electrons. The molecule has 0 aliphatic heterocycles. The molecule has 0 aliphatic rings. The third-order valence-electron chi connectivity index (χ3n) is 2.16. The van der Waals surface area contributed by atoms with E-state index in [-0.39, 0.29) is 0 Å². The van der Waals surface area contributed by atoms with Crippen LogP contribution in [0.2, 0.25) is 0 Å². The van der Waals surface area contributed by atoms with Gasteiger partial charge in [0.2, 0.25) is 0 Å². The smallest absolute Gasteiger partial charge is 0.130 e. The molecule has 0 amide bonds. The lowest BCUT2D eigenvalue weighted by Gasteiger charge is -2.04. The molecule has 0 radical (unpaired) electrons. The summed E-state index contributed by atoms with van der Waals surface area (Å²) in [6.07, 6.45) is 4.61. The van der Waals surface area contributed by atoms with E-state index in [1.165, 1.54) is 8.66 Å².